The molecule has 0 aliphatic carbocycles. The highest BCUT2D eigenvalue weighted by molar-refractivity contribution is 6.42. The van der Waals surface area contributed by atoms with Crippen molar-refractivity contribution in [1.82, 2.24) is 0 Å². The Morgan fingerprint density at radius 3 is 2.20 bits per heavy atom. The van der Waals surface area contributed by atoms with Gasteiger partial charge >= 0.3 is 0 Å². The first-order valence-electron chi connectivity index (χ1n) is 6.76. The summed E-state index contributed by atoms with van der Waals surface area (Å²) in [5.74, 6) is 0.524. The molecule has 2 aromatic rings. The van der Waals surface area contributed by atoms with Crippen LogP contribution in [-0.2, 0) is 0 Å². The molecule has 2 aromatic carbocycles. The molecule has 3 heteroatoms. The van der Waals surface area contributed by atoms with Gasteiger partial charge in [-0.2, -0.15) is 0 Å². The van der Waals surface area contributed by atoms with Crippen molar-refractivity contribution in [2.24, 2.45) is 0 Å². The monoisotopic (exact) mass is 308 g/mol. The zero-order valence-electron chi connectivity index (χ0n) is 11.6. The summed E-state index contributed by atoms with van der Waals surface area (Å²) in [7, 11) is 0. The summed E-state index contributed by atoms with van der Waals surface area (Å²) in [6.07, 6.45) is 0.342. The molecule has 106 valence electrons. The Bertz CT molecular complexity index is 578. The van der Waals surface area contributed by atoms with Crippen LogP contribution in [0.5, 0.6) is 0 Å². The first kappa shape index (κ1) is 15.4. The lowest BCUT2D eigenvalue weighted by Gasteiger charge is -2.15. The van der Waals surface area contributed by atoms with Crippen molar-refractivity contribution in [3.8, 4) is 0 Å². The molecule has 0 radical (unpaired) electrons. The van der Waals surface area contributed by atoms with Crippen LogP contribution in [0.15, 0.2) is 42.5 Å². The summed E-state index contributed by atoms with van der Waals surface area (Å²) < 4.78 is 0. The van der Waals surface area contributed by atoms with Gasteiger partial charge < -0.3 is 5.11 Å². The molecular formula is C17H18Cl2O. The molecule has 0 heterocycles. The van der Waals surface area contributed by atoms with E-state index in [0.717, 1.165) is 12.0 Å². The Labute approximate surface area is 130 Å². The third kappa shape index (κ3) is 3.17. The molecule has 2 rings (SSSR count). The summed E-state index contributed by atoms with van der Waals surface area (Å²) >= 11 is 12.1. The van der Waals surface area contributed by atoms with Gasteiger partial charge in [-0.3, -0.25) is 0 Å². The molecule has 20 heavy (non-hydrogen) atoms. The highest BCUT2D eigenvalue weighted by Gasteiger charge is 2.15. The number of aliphatic hydroxyl groups is 1. The highest BCUT2D eigenvalue weighted by Crippen LogP contribution is 2.33. The minimum Gasteiger partial charge on any atom is -0.384 e. The Balaban J connectivity index is 2.29. The van der Waals surface area contributed by atoms with Gasteiger partial charge in [0.1, 0.15) is 6.10 Å². The Morgan fingerprint density at radius 2 is 1.60 bits per heavy atom. The first-order chi connectivity index (χ1) is 9.54. The van der Waals surface area contributed by atoms with E-state index in [9.17, 15) is 5.11 Å². The SMILES string of the molecule is CCC(C)c1ccc(C(O)c2cccc(Cl)c2Cl)cc1. The van der Waals surface area contributed by atoms with Crippen LogP contribution >= 0.6 is 23.2 Å². The molecule has 0 aliphatic rings. The molecule has 0 saturated carbocycles. The standard InChI is InChI=1S/C17H18Cl2O/c1-3-11(2)12-7-9-13(10-8-12)17(20)14-5-4-6-15(18)16(14)19/h4-11,17,20H,3H2,1-2H3. The third-order valence-corrected chi connectivity index (χ3v) is 4.54. The summed E-state index contributed by atoms with van der Waals surface area (Å²) in [6.45, 7) is 4.36. The zero-order chi connectivity index (χ0) is 14.7. The molecule has 0 saturated heterocycles. The number of hydrogen-bond donors (Lipinski definition) is 1. The number of benzene rings is 2. The van der Waals surface area contributed by atoms with Gasteiger partial charge in [0, 0.05) is 5.56 Å². The molecule has 0 aromatic heterocycles. The van der Waals surface area contributed by atoms with Crippen LogP contribution in [0.25, 0.3) is 0 Å². The van der Waals surface area contributed by atoms with Crippen LogP contribution in [0, 0.1) is 0 Å². The Hall–Kier alpha value is -1.02. The van der Waals surface area contributed by atoms with Gasteiger partial charge in [0.2, 0.25) is 0 Å². The first-order valence-corrected chi connectivity index (χ1v) is 7.52. The third-order valence-electron chi connectivity index (χ3n) is 3.71. The lowest BCUT2D eigenvalue weighted by atomic mass is 9.95. The van der Waals surface area contributed by atoms with Crippen LogP contribution in [0.4, 0.5) is 0 Å². The highest BCUT2D eigenvalue weighted by atomic mass is 35.5. The van der Waals surface area contributed by atoms with Gasteiger partial charge in [-0.1, -0.05) is 73.4 Å². The van der Waals surface area contributed by atoms with E-state index >= 15 is 0 Å². The molecule has 2 unspecified atom stereocenters. The fourth-order valence-electron chi connectivity index (χ4n) is 2.15. The van der Waals surface area contributed by atoms with E-state index < -0.39 is 6.10 Å². The van der Waals surface area contributed by atoms with E-state index in [1.165, 1.54) is 5.56 Å². The minimum absolute atomic E-state index is 0.410. The van der Waals surface area contributed by atoms with Crippen molar-refractivity contribution in [2.45, 2.75) is 32.3 Å². The van der Waals surface area contributed by atoms with Crippen molar-refractivity contribution in [2.75, 3.05) is 0 Å². The van der Waals surface area contributed by atoms with E-state index in [0.29, 0.717) is 21.5 Å². The van der Waals surface area contributed by atoms with Gasteiger partial charge in [-0.15, -0.1) is 0 Å². The van der Waals surface area contributed by atoms with Gasteiger partial charge in [-0.25, -0.2) is 0 Å². The van der Waals surface area contributed by atoms with Crippen molar-refractivity contribution in [3.63, 3.8) is 0 Å². The van der Waals surface area contributed by atoms with Gasteiger partial charge in [-0.05, 0) is 29.5 Å². The molecule has 0 spiro atoms. The van der Waals surface area contributed by atoms with Crippen molar-refractivity contribution >= 4 is 23.2 Å². The number of halogens is 2. The fourth-order valence-corrected chi connectivity index (χ4v) is 2.56. The lowest BCUT2D eigenvalue weighted by Crippen LogP contribution is -2.01. The number of rotatable bonds is 4. The molecule has 0 fully saturated rings. The molecular weight excluding hydrogens is 291 g/mol. The minimum atomic E-state index is -0.757. The number of hydrogen-bond acceptors (Lipinski definition) is 1. The summed E-state index contributed by atoms with van der Waals surface area (Å²) in [6, 6.07) is 13.3. The number of aliphatic hydroxyl groups excluding tert-OH is 1. The summed E-state index contributed by atoms with van der Waals surface area (Å²) in [4.78, 5) is 0. The average molecular weight is 309 g/mol. The fraction of sp³-hybridized carbons (Fsp3) is 0.294. The van der Waals surface area contributed by atoms with Gasteiger partial charge in [0.15, 0.2) is 0 Å². The molecule has 1 nitrogen and oxygen atoms in total. The average Bonchev–Trinajstić information content (AvgIpc) is 2.48. The van der Waals surface area contributed by atoms with Crippen LogP contribution < -0.4 is 0 Å². The predicted octanol–water partition coefficient (Wildman–Crippen LogP) is 5.59. The van der Waals surface area contributed by atoms with Crippen LogP contribution in [0.3, 0.4) is 0 Å². The second kappa shape index (κ2) is 6.62. The Kier molecular flexibility index (Phi) is 5.09. The summed E-state index contributed by atoms with van der Waals surface area (Å²) in [5.41, 5.74) is 2.73. The maximum atomic E-state index is 10.4. The van der Waals surface area contributed by atoms with E-state index in [2.05, 4.69) is 26.0 Å². The normalized spacial score (nSPS) is 14.1. The maximum Gasteiger partial charge on any atom is 0.106 e. The van der Waals surface area contributed by atoms with E-state index in [-0.39, 0.29) is 0 Å². The molecule has 2 atom stereocenters. The topological polar surface area (TPSA) is 20.2 Å². The van der Waals surface area contributed by atoms with Gasteiger partial charge in [0.05, 0.1) is 10.0 Å². The van der Waals surface area contributed by atoms with Crippen molar-refractivity contribution in [3.05, 3.63) is 69.2 Å². The molecule has 0 bridgehead atoms. The lowest BCUT2D eigenvalue weighted by molar-refractivity contribution is 0.220. The van der Waals surface area contributed by atoms with Crippen LogP contribution in [0.2, 0.25) is 10.0 Å². The summed E-state index contributed by atoms with van der Waals surface area (Å²) in [5, 5.41) is 11.3. The quantitative estimate of drug-likeness (QED) is 0.780. The van der Waals surface area contributed by atoms with Gasteiger partial charge in [0.25, 0.3) is 0 Å². The van der Waals surface area contributed by atoms with Crippen LogP contribution in [0.1, 0.15) is 49.0 Å². The van der Waals surface area contributed by atoms with Crippen LogP contribution in [-0.4, -0.2) is 5.11 Å². The second-order valence-corrected chi connectivity index (χ2v) is 5.81. The maximum absolute atomic E-state index is 10.4. The van der Waals surface area contributed by atoms with E-state index in [4.69, 9.17) is 23.2 Å². The molecule has 0 amide bonds. The predicted molar refractivity (Wildman–Crippen MR) is 85.7 cm³/mol. The van der Waals surface area contributed by atoms with Crippen molar-refractivity contribution in [1.29, 1.82) is 0 Å². The van der Waals surface area contributed by atoms with Crippen molar-refractivity contribution < 1.29 is 5.11 Å². The largest absolute Gasteiger partial charge is 0.384 e. The van der Waals surface area contributed by atoms with E-state index in [1.807, 2.05) is 12.1 Å². The Morgan fingerprint density at radius 1 is 1.00 bits per heavy atom. The second-order valence-electron chi connectivity index (χ2n) is 5.02. The zero-order valence-corrected chi connectivity index (χ0v) is 13.1. The molecule has 0 aliphatic heterocycles. The smallest absolute Gasteiger partial charge is 0.106 e. The van der Waals surface area contributed by atoms with E-state index in [1.54, 1.807) is 18.2 Å². The molecule has 1 N–H and O–H groups in total.